The lowest BCUT2D eigenvalue weighted by Crippen LogP contribution is -2.34. The molecule has 1 aliphatic rings. The van der Waals surface area contributed by atoms with Gasteiger partial charge in [0.2, 0.25) is 0 Å². The Labute approximate surface area is 147 Å². The van der Waals surface area contributed by atoms with Crippen molar-refractivity contribution in [3.05, 3.63) is 64.7 Å². The molecule has 130 valence electrons. The van der Waals surface area contributed by atoms with Gasteiger partial charge in [-0.25, -0.2) is 4.79 Å². The molecule has 0 radical (unpaired) electrons. The summed E-state index contributed by atoms with van der Waals surface area (Å²) in [6.45, 7) is 2.72. The van der Waals surface area contributed by atoms with Gasteiger partial charge in [-0.1, -0.05) is 12.1 Å². The van der Waals surface area contributed by atoms with E-state index in [1.165, 1.54) is 18.2 Å². The van der Waals surface area contributed by atoms with Gasteiger partial charge in [-0.2, -0.15) is 0 Å². The Bertz CT molecular complexity index is 783. The molecule has 25 heavy (non-hydrogen) atoms. The largest absolute Gasteiger partial charge is 0.493 e. The SMILES string of the molecule is COC(=O)c1ccc(C(=O)N[C@@H](C)Cc2ccc3c(c2)CCO3)cc1. The Morgan fingerprint density at radius 2 is 1.88 bits per heavy atom. The summed E-state index contributed by atoms with van der Waals surface area (Å²) in [6, 6.07) is 12.6. The predicted molar refractivity (Wildman–Crippen MR) is 94.1 cm³/mol. The summed E-state index contributed by atoms with van der Waals surface area (Å²) in [5.74, 6) is 0.389. The highest BCUT2D eigenvalue weighted by molar-refractivity contribution is 5.96. The van der Waals surface area contributed by atoms with Crippen molar-refractivity contribution in [2.75, 3.05) is 13.7 Å². The quantitative estimate of drug-likeness (QED) is 0.851. The smallest absolute Gasteiger partial charge is 0.337 e. The van der Waals surface area contributed by atoms with Crippen LogP contribution >= 0.6 is 0 Å². The molecule has 5 heteroatoms. The van der Waals surface area contributed by atoms with Crippen LogP contribution in [0.1, 0.15) is 38.8 Å². The van der Waals surface area contributed by atoms with Crippen molar-refractivity contribution in [1.29, 1.82) is 0 Å². The molecule has 0 saturated heterocycles. The van der Waals surface area contributed by atoms with Crippen molar-refractivity contribution >= 4 is 11.9 Å². The third-order valence-corrected chi connectivity index (χ3v) is 4.24. The van der Waals surface area contributed by atoms with Gasteiger partial charge in [0.25, 0.3) is 5.91 Å². The van der Waals surface area contributed by atoms with Crippen molar-refractivity contribution in [3.63, 3.8) is 0 Å². The summed E-state index contributed by atoms with van der Waals surface area (Å²) in [4.78, 5) is 23.8. The zero-order valence-corrected chi connectivity index (χ0v) is 14.4. The fraction of sp³-hybridized carbons (Fsp3) is 0.300. The van der Waals surface area contributed by atoms with E-state index in [1.807, 2.05) is 19.1 Å². The molecule has 1 aliphatic heterocycles. The molecule has 1 N–H and O–H groups in total. The van der Waals surface area contributed by atoms with E-state index in [1.54, 1.807) is 24.3 Å². The van der Waals surface area contributed by atoms with E-state index in [9.17, 15) is 9.59 Å². The average Bonchev–Trinajstić information content (AvgIpc) is 3.08. The summed E-state index contributed by atoms with van der Waals surface area (Å²) in [6.07, 6.45) is 1.69. The lowest BCUT2D eigenvalue weighted by molar-refractivity contribution is 0.0600. The highest BCUT2D eigenvalue weighted by atomic mass is 16.5. The van der Waals surface area contributed by atoms with Gasteiger partial charge in [0.15, 0.2) is 0 Å². The number of ether oxygens (including phenoxy) is 2. The Hall–Kier alpha value is -2.82. The second-order valence-electron chi connectivity index (χ2n) is 6.19. The van der Waals surface area contributed by atoms with Gasteiger partial charge < -0.3 is 14.8 Å². The van der Waals surface area contributed by atoms with Gasteiger partial charge in [0.1, 0.15) is 5.75 Å². The molecular formula is C20H21NO4. The maximum absolute atomic E-state index is 12.3. The second kappa shape index (κ2) is 7.38. The molecule has 1 amide bonds. The van der Waals surface area contributed by atoms with Crippen LogP contribution in [-0.4, -0.2) is 31.6 Å². The Balaban J connectivity index is 1.59. The Kier molecular flexibility index (Phi) is 5.03. The molecule has 2 aromatic rings. The number of esters is 1. The molecule has 1 heterocycles. The topological polar surface area (TPSA) is 64.6 Å². The minimum Gasteiger partial charge on any atom is -0.493 e. The van der Waals surface area contributed by atoms with Crippen molar-refractivity contribution in [2.24, 2.45) is 0 Å². The number of hydrogen-bond acceptors (Lipinski definition) is 4. The number of hydrogen-bond donors (Lipinski definition) is 1. The molecule has 0 unspecified atom stereocenters. The van der Waals surface area contributed by atoms with Crippen LogP contribution in [0.3, 0.4) is 0 Å². The number of fused-ring (bicyclic) bond motifs is 1. The Morgan fingerprint density at radius 1 is 1.16 bits per heavy atom. The normalized spacial score (nSPS) is 13.5. The standard InChI is InChI=1S/C20H21NO4/c1-13(11-14-3-8-18-17(12-14)9-10-25-18)21-19(22)15-4-6-16(7-5-15)20(23)24-2/h3-8,12-13H,9-11H2,1-2H3,(H,21,22)/t13-/m0/s1. The molecule has 0 spiro atoms. The number of amides is 1. The van der Waals surface area contributed by atoms with Gasteiger partial charge in [0, 0.05) is 18.0 Å². The van der Waals surface area contributed by atoms with Crippen LogP contribution in [0.4, 0.5) is 0 Å². The summed E-state index contributed by atoms with van der Waals surface area (Å²) >= 11 is 0. The van der Waals surface area contributed by atoms with E-state index < -0.39 is 5.97 Å². The summed E-state index contributed by atoms with van der Waals surface area (Å²) < 4.78 is 10.2. The van der Waals surface area contributed by atoms with Crippen molar-refractivity contribution in [2.45, 2.75) is 25.8 Å². The number of nitrogens with one attached hydrogen (secondary N) is 1. The number of carbonyl (C=O) groups is 2. The number of rotatable bonds is 5. The van der Waals surface area contributed by atoms with Crippen LogP contribution in [0.15, 0.2) is 42.5 Å². The van der Waals surface area contributed by atoms with Gasteiger partial charge in [-0.05, 0) is 54.8 Å². The number of carbonyl (C=O) groups excluding carboxylic acids is 2. The molecule has 2 aromatic carbocycles. The zero-order chi connectivity index (χ0) is 17.8. The fourth-order valence-electron chi connectivity index (χ4n) is 2.95. The van der Waals surface area contributed by atoms with E-state index in [-0.39, 0.29) is 11.9 Å². The first kappa shape index (κ1) is 17.0. The van der Waals surface area contributed by atoms with Crippen LogP contribution in [0.2, 0.25) is 0 Å². The third-order valence-electron chi connectivity index (χ3n) is 4.24. The van der Waals surface area contributed by atoms with Crippen LogP contribution < -0.4 is 10.1 Å². The molecule has 0 aromatic heterocycles. The molecule has 0 aliphatic carbocycles. The molecule has 0 bridgehead atoms. The van der Waals surface area contributed by atoms with E-state index in [0.29, 0.717) is 11.1 Å². The van der Waals surface area contributed by atoms with Crippen molar-refractivity contribution < 1.29 is 19.1 Å². The molecular weight excluding hydrogens is 318 g/mol. The highest BCUT2D eigenvalue weighted by Crippen LogP contribution is 2.26. The van der Waals surface area contributed by atoms with E-state index in [4.69, 9.17) is 4.74 Å². The summed E-state index contributed by atoms with van der Waals surface area (Å²) in [5, 5.41) is 2.99. The minimum absolute atomic E-state index is 0.00634. The first-order valence-electron chi connectivity index (χ1n) is 8.30. The molecule has 5 nitrogen and oxygen atoms in total. The molecule has 1 atom stereocenters. The second-order valence-corrected chi connectivity index (χ2v) is 6.19. The molecule has 3 rings (SSSR count). The fourth-order valence-corrected chi connectivity index (χ4v) is 2.95. The van der Waals surface area contributed by atoms with Crippen molar-refractivity contribution in [1.82, 2.24) is 5.32 Å². The van der Waals surface area contributed by atoms with E-state index >= 15 is 0 Å². The third kappa shape index (κ3) is 3.99. The lowest BCUT2D eigenvalue weighted by atomic mass is 10.0. The number of benzene rings is 2. The zero-order valence-electron chi connectivity index (χ0n) is 14.4. The number of methoxy groups -OCH3 is 1. The van der Waals surface area contributed by atoms with Crippen LogP contribution in [-0.2, 0) is 17.6 Å². The summed E-state index contributed by atoms with van der Waals surface area (Å²) in [7, 11) is 1.33. The maximum Gasteiger partial charge on any atom is 0.337 e. The van der Waals surface area contributed by atoms with Crippen molar-refractivity contribution in [3.8, 4) is 5.75 Å². The minimum atomic E-state index is -0.416. The lowest BCUT2D eigenvalue weighted by Gasteiger charge is -2.15. The predicted octanol–water partition coefficient (Wildman–Crippen LogP) is 2.77. The van der Waals surface area contributed by atoms with Crippen LogP contribution in [0, 0.1) is 0 Å². The van der Waals surface area contributed by atoms with Gasteiger partial charge in [0.05, 0.1) is 19.3 Å². The summed E-state index contributed by atoms with van der Waals surface area (Å²) in [5.41, 5.74) is 3.35. The van der Waals surface area contributed by atoms with Gasteiger partial charge in [-0.3, -0.25) is 4.79 Å². The monoisotopic (exact) mass is 339 g/mol. The molecule has 0 saturated carbocycles. The van der Waals surface area contributed by atoms with Gasteiger partial charge in [-0.15, -0.1) is 0 Å². The first-order chi connectivity index (χ1) is 12.1. The average molecular weight is 339 g/mol. The van der Waals surface area contributed by atoms with Crippen LogP contribution in [0.5, 0.6) is 5.75 Å². The maximum atomic E-state index is 12.3. The van der Waals surface area contributed by atoms with E-state index in [2.05, 4.69) is 16.1 Å². The molecule has 0 fully saturated rings. The van der Waals surface area contributed by atoms with Crippen LogP contribution in [0.25, 0.3) is 0 Å². The van der Waals surface area contributed by atoms with Gasteiger partial charge >= 0.3 is 5.97 Å². The highest BCUT2D eigenvalue weighted by Gasteiger charge is 2.15. The first-order valence-corrected chi connectivity index (χ1v) is 8.30. The van der Waals surface area contributed by atoms with E-state index in [0.717, 1.165) is 25.2 Å². The Morgan fingerprint density at radius 3 is 2.60 bits per heavy atom.